The molecule has 4 nitrogen and oxygen atoms in total. The molecular formula is C20H20Cl2N2O2. The van der Waals surface area contributed by atoms with Crippen LogP contribution < -0.4 is 10.6 Å². The van der Waals surface area contributed by atoms with Crippen LogP contribution in [-0.4, -0.2) is 25.2 Å². The molecule has 0 radical (unpaired) electrons. The molecule has 3 rings (SSSR count). The van der Waals surface area contributed by atoms with Gasteiger partial charge in [-0.25, -0.2) is 0 Å². The highest BCUT2D eigenvalue weighted by molar-refractivity contribution is 6.37. The summed E-state index contributed by atoms with van der Waals surface area (Å²) in [6.45, 7) is 1.60. The fraction of sp³-hybridized carbons (Fsp3) is 0.250. The first kappa shape index (κ1) is 18.8. The summed E-state index contributed by atoms with van der Waals surface area (Å²) in [5.41, 5.74) is 2.39. The molecular weight excluding hydrogens is 371 g/mol. The lowest BCUT2D eigenvalue weighted by molar-refractivity contribution is -0.111. The zero-order valence-electron chi connectivity index (χ0n) is 14.2. The number of hydrogen-bond acceptors (Lipinski definition) is 3. The second-order valence-corrected chi connectivity index (χ2v) is 6.88. The predicted octanol–water partition coefficient (Wildman–Crippen LogP) is 5.24. The van der Waals surface area contributed by atoms with Crippen LogP contribution >= 0.6 is 23.2 Å². The molecule has 0 atom stereocenters. The fourth-order valence-electron chi connectivity index (χ4n) is 2.74. The molecule has 0 bridgehead atoms. The number of benzene rings is 2. The van der Waals surface area contributed by atoms with Crippen LogP contribution in [0, 0.1) is 0 Å². The minimum absolute atomic E-state index is 0.244. The summed E-state index contributed by atoms with van der Waals surface area (Å²) < 4.78 is 5.36. The van der Waals surface area contributed by atoms with E-state index in [9.17, 15) is 4.79 Å². The number of hydrogen-bond donors (Lipinski definition) is 2. The maximum atomic E-state index is 12.1. The summed E-state index contributed by atoms with van der Waals surface area (Å²) in [4.78, 5) is 12.1. The maximum Gasteiger partial charge on any atom is 0.248 e. The second-order valence-electron chi connectivity index (χ2n) is 6.07. The van der Waals surface area contributed by atoms with Crippen LogP contribution in [0.15, 0.2) is 48.5 Å². The highest BCUT2D eigenvalue weighted by atomic mass is 35.5. The largest absolute Gasteiger partial charge is 0.382 e. The molecule has 0 unspecified atom stereocenters. The van der Waals surface area contributed by atoms with Crippen LogP contribution in [0.1, 0.15) is 18.4 Å². The van der Waals surface area contributed by atoms with E-state index in [1.54, 1.807) is 24.3 Å². The molecule has 0 saturated carbocycles. The third kappa shape index (κ3) is 5.24. The van der Waals surface area contributed by atoms with Crippen molar-refractivity contribution in [1.82, 2.24) is 0 Å². The third-order valence-corrected chi connectivity index (χ3v) is 4.80. The first-order chi connectivity index (χ1) is 12.6. The fourth-order valence-corrected chi connectivity index (χ4v) is 3.26. The number of anilines is 2. The molecule has 1 aliphatic heterocycles. The number of halogens is 2. The molecule has 1 saturated heterocycles. The van der Waals surface area contributed by atoms with E-state index in [2.05, 4.69) is 10.6 Å². The molecule has 1 aliphatic rings. The van der Waals surface area contributed by atoms with E-state index >= 15 is 0 Å². The van der Waals surface area contributed by atoms with Gasteiger partial charge < -0.3 is 15.4 Å². The average Bonchev–Trinajstić information content (AvgIpc) is 2.64. The van der Waals surface area contributed by atoms with Gasteiger partial charge in [-0.3, -0.25) is 4.79 Å². The van der Waals surface area contributed by atoms with Crippen molar-refractivity contribution in [2.24, 2.45) is 0 Å². The van der Waals surface area contributed by atoms with Crippen LogP contribution in [0.4, 0.5) is 11.4 Å². The Balaban J connectivity index is 1.56. The van der Waals surface area contributed by atoms with Gasteiger partial charge in [-0.15, -0.1) is 0 Å². The van der Waals surface area contributed by atoms with Gasteiger partial charge in [0.05, 0.1) is 0 Å². The zero-order valence-corrected chi connectivity index (χ0v) is 15.7. The van der Waals surface area contributed by atoms with Crippen LogP contribution in [0.3, 0.4) is 0 Å². The SMILES string of the molecule is O=C(C=Cc1c(Cl)cccc1Cl)Nc1ccc(NC2CCOCC2)cc1. The van der Waals surface area contributed by atoms with E-state index in [1.807, 2.05) is 24.3 Å². The van der Waals surface area contributed by atoms with Crippen molar-refractivity contribution in [2.45, 2.75) is 18.9 Å². The molecule has 0 aromatic heterocycles. The molecule has 26 heavy (non-hydrogen) atoms. The molecule has 0 aliphatic carbocycles. The Kier molecular flexibility index (Phi) is 6.56. The Bertz CT molecular complexity index is 765. The zero-order chi connectivity index (χ0) is 18.4. The van der Waals surface area contributed by atoms with Gasteiger partial charge in [-0.05, 0) is 55.3 Å². The molecule has 136 valence electrons. The van der Waals surface area contributed by atoms with Crippen molar-refractivity contribution in [1.29, 1.82) is 0 Å². The number of ether oxygens (including phenoxy) is 1. The summed E-state index contributed by atoms with van der Waals surface area (Å²) in [5, 5.41) is 7.32. The number of carbonyl (C=O) groups excluding carboxylic acids is 1. The van der Waals surface area contributed by atoms with Crippen molar-refractivity contribution in [3.8, 4) is 0 Å². The second kappa shape index (κ2) is 9.08. The smallest absolute Gasteiger partial charge is 0.248 e. The highest BCUT2D eigenvalue weighted by Gasteiger charge is 2.13. The Labute approximate surface area is 163 Å². The van der Waals surface area contributed by atoms with E-state index in [4.69, 9.17) is 27.9 Å². The lowest BCUT2D eigenvalue weighted by Gasteiger charge is -2.24. The Morgan fingerprint density at radius 1 is 1.00 bits per heavy atom. The Hall–Kier alpha value is -2.01. The van der Waals surface area contributed by atoms with E-state index in [0.717, 1.165) is 37.4 Å². The van der Waals surface area contributed by atoms with Gasteiger partial charge in [0, 0.05) is 52.3 Å². The number of carbonyl (C=O) groups is 1. The van der Waals surface area contributed by atoms with Crippen LogP contribution in [0.2, 0.25) is 10.0 Å². The van der Waals surface area contributed by atoms with Crippen LogP contribution in [0.25, 0.3) is 6.08 Å². The number of rotatable bonds is 5. The van der Waals surface area contributed by atoms with E-state index in [1.165, 1.54) is 6.08 Å². The van der Waals surface area contributed by atoms with E-state index in [-0.39, 0.29) is 5.91 Å². The van der Waals surface area contributed by atoms with Gasteiger partial charge in [0.25, 0.3) is 0 Å². The minimum Gasteiger partial charge on any atom is -0.382 e. The average molecular weight is 391 g/mol. The van der Waals surface area contributed by atoms with E-state index < -0.39 is 0 Å². The standard InChI is InChI=1S/C20H20Cl2N2O2/c21-18-2-1-3-19(22)17(18)8-9-20(25)24-15-6-4-14(5-7-15)23-16-10-12-26-13-11-16/h1-9,16,23H,10-13H2,(H,24,25). The van der Waals surface area contributed by atoms with Crippen molar-refractivity contribution in [3.63, 3.8) is 0 Å². The molecule has 2 aromatic carbocycles. The van der Waals surface area contributed by atoms with Crippen molar-refractivity contribution in [3.05, 3.63) is 64.1 Å². The maximum absolute atomic E-state index is 12.1. The molecule has 2 aromatic rings. The summed E-state index contributed by atoms with van der Waals surface area (Å²) in [7, 11) is 0. The Morgan fingerprint density at radius 3 is 2.27 bits per heavy atom. The molecule has 0 spiro atoms. The van der Waals surface area contributed by atoms with Crippen LogP contribution in [0.5, 0.6) is 0 Å². The van der Waals surface area contributed by atoms with Crippen molar-refractivity contribution < 1.29 is 9.53 Å². The van der Waals surface area contributed by atoms with Gasteiger partial charge in [-0.1, -0.05) is 29.3 Å². The normalized spacial score (nSPS) is 15.2. The quantitative estimate of drug-likeness (QED) is 0.686. The Morgan fingerprint density at radius 2 is 1.62 bits per heavy atom. The van der Waals surface area contributed by atoms with Crippen molar-refractivity contribution >= 4 is 46.6 Å². The topological polar surface area (TPSA) is 50.4 Å². The highest BCUT2D eigenvalue weighted by Crippen LogP contribution is 2.25. The monoisotopic (exact) mass is 390 g/mol. The lowest BCUT2D eigenvalue weighted by Crippen LogP contribution is -2.27. The minimum atomic E-state index is -0.244. The van der Waals surface area contributed by atoms with Gasteiger partial charge in [-0.2, -0.15) is 0 Å². The molecule has 2 N–H and O–H groups in total. The van der Waals surface area contributed by atoms with Gasteiger partial charge in [0.2, 0.25) is 5.91 Å². The summed E-state index contributed by atoms with van der Waals surface area (Å²) in [6.07, 6.45) is 5.05. The first-order valence-corrected chi connectivity index (χ1v) is 9.25. The van der Waals surface area contributed by atoms with Gasteiger partial charge >= 0.3 is 0 Å². The molecule has 1 amide bonds. The van der Waals surface area contributed by atoms with Crippen LogP contribution in [-0.2, 0) is 9.53 Å². The predicted molar refractivity (Wildman–Crippen MR) is 108 cm³/mol. The molecule has 6 heteroatoms. The third-order valence-electron chi connectivity index (χ3n) is 4.15. The molecule has 1 fully saturated rings. The molecule has 1 heterocycles. The summed E-state index contributed by atoms with van der Waals surface area (Å²) in [6, 6.07) is 13.3. The van der Waals surface area contributed by atoms with Gasteiger partial charge in [0.15, 0.2) is 0 Å². The summed E-state index contributed by atoms with van der Waals surface area (Å²) in [5.74, 6) is -0.244. The number of nitrogens with one attached hydrogen (secondary N) is 2. The summed E-state index contributed by atoms with van der Waals surface area (Å²) >= 11 is 12.2. The lowest BCUT2D eigenvalue weighted by atomic mass is 10.1. The van der Waals surface area contributed by atoms with Gasteiger partial charge in [0.1, 0.15) is 0 Å². The number of amides is 1. The van der Waals surface area contributed by atoms with E-state index in [0.29, 0.717) is 21.7 Å². The van der Waals surface area contributed by atoms with Crippen molar-refractivity contribution in [2.75, 3.05) is 23.8 Å². The first-order valence-electron chi connectivity index (χ1n) is 8.49.